The van der Waals surface area contributed by atoms with Gasteiger partial charge in [0.2, 0.25) is 0 Å². The molecule has 0 saturated carbocycles. The van der Waals surface area contributed by atoms with Crippen LogP contribution in [0.4, 0.5) is 4.39 Å². The van der Waals surface area contributed by atoms with Crippen LogP contribution in [0.2, 0.25) is 0 Å². The number of benzene rings is 2. The molecule has 0 atom stereocenters. The number of aryl methyl sites for hydroxylation is 1. The van der Waals surface area contributed by atoms with Crippen LogP contribution >= 0.6 is 0 Å². The van der Waals surface area contributed by atoms with Crippen molar-refractivity contribution in [3.8, 4) is 0 Å². The summed E-state index contributed by atoms with van der Waals surface area (Å²) in [5.41, 5.74) is 3.46. The SMILES string of the molecule is CNC(=O)c1ccc(CNCc2ccc(F)c(C)c2)cc1. The highest BCUT2D eigenvalue weighted by molar-refractivity contribution is 5.93. The van der Waals surface area contributed by atoms with Crippen LogP contribution in [0, 0.1) is 12.7 Å². The number of hydrogen-bond acceptors (Lipinski definition) is 2. The van der Waals surface area contributed by atoms with Crippen LogP contribution in [0.3, 0.4) is 0 Å². The number of amides is 1. The summed E-state index contributed by atoms with van der Waals surface area (Å²) in [5.74, 6) is -0.264. The molecular formula is C17H19FN2O. The Morgan fingerprint density at radius 3 is 2.29 bits per heavy atom. The van der Waals surface area contributed by atoms with Crippen molar-refractivity contribution in [2.24, 2.45) is 0 Å². The molecule has 0 radical (unpaired) electrons. The monoisotopic (exact) mass is 286 g/mol. The minimum atomic E-state index is -0.177. The van der Waals surface area contributed by atoms with E-state index in [1.807, 2.05) is 18.2 Å². The van der Waals surface area contributed by atoms with E-state index in [-0.39, 0.29) is 11.7 Å². The quantitative estimate of drug-likeness (QED) is 0.887. The van der Waals surface area contributed by atoms with Gasteiger partial charge in [0.05, 0.1) is 0 Å². The van der Waals surface area contributed by atoms with Crippen LogP contribution < -0.4 is 10.6 Å². The summed E-state index contributed by atoms with van der Waals surface area (Å²) in [4.78, 5) is 11.4. The molecule has 0 aliphatic rings. The van der Waals surface area contributed by atoms with Crippen LogP contribution in [0.5, 0.6) is 0 Å². The van der Waals surface area contributed by atoms with Gasteiger partial charge in [-0.2, -0.15) is 0 Å². The molecule has 4 heteroatoms. The van der Waals surface area contributed by atoms with E-state index in [0.29, 0.717) is 24.2 Å². The van der Waals surface area contributed by atoms with E-state index < -0.39 is 0 Å². The number of rotatable bonds is 5. The van der Waals surface area contributed by atoms with E-state index in [2.05, 4.69) is 10.6 Å². The van der Waals surface area contributed by atoms with Gasteiger partial charge in [-0.3, -0.25) is 4.79 Å². The van der Waals surface area contributed by atoms with Gasteiger partial charge in [0.15, 0.2) is 0 Å². The molecule has 2 aromatic carbocycles. The maximum Gasteiger partial charge on any atom is 0.251 e. The molecular weight excluding hydrogens is 267 g/mol. The first-order valence-corrected chi connectivity index (χ1v) is 6.87. The van der Waals surface area contributed by atoms with E-state index in [1.54, 1.807) is 32.2 Å². The zero-order valence-electron chi connectivity index (χ0n) is 12.2. The van der Waals surface area contributed by atoms with Gasteiger partial charge in [0.1, 0.15) is 5.82 Å². The smallest absolute Gasteiger partial charge is 0.251 e. The van der Waals surface area contributed by atoms with Crippen LogP contribution in [0.25, 0.3) is 0 Å². The lowest BCUT2D eigenvalue weighted by molar-refractivity contribution is 0.0963. The zero-order valence-corrected chi connectivity index (χ0v) is 12.2. The van der Waals surface area contributed by atoms with E-state index in [4.69, 9.17) is 0 Å². The molecule has 2 aromatic rings. The number of carbonyl (C=O) groups excluding carboxylic acids is 1. The van der Waals surface area contributed by atoms with Crippen LogP contribution in [-0.4, -0.2) is 13.0 Å². The van der Waals surface area contributed by atoms with Gasteiger partial charge < -0.3 is 10.6 Å². The van der Waals surface area contributed by atoms with Crippen molar-refractivity contribution in [3.63, 3.8) is 0 Å². The highest BCUT2D eigenvalue weighted by Crippen LogP contribution is 2.09. The molecule has 0 aromatic heterocycles. The highest BCUT2D eigenvalue weighted by Gasteiger charge is 2.02. The first-order valence-electron chi connectivity index (χ1n) is 6.87. The van der Waals surface area contributed by atoms with Crippen molar-refractivity contribution in [1.82, 2.24) is 10.6 Å². The van der Waals surface area contributed by atoms with Gasteiger partial charge in [-0.25, -0.2) is 4.39 Å². The summed E-state index contributed by atoms with van der Waals surface area (Å²) in [7, 11) is 1.61. The average Bonchev–Trinajstić information content (AvgIpc) is 2.51. The molecule has 0 fully saturated rings. The molecule has 2 N–H and O–H groups in total. The normalized spacial score (nSPS) is 10.4. The minimum absolute atomic E-state index is 0.0868. The molecule has 2 rings (SSSR count). The maximum absolute atomic E-state index is 13.2. The molecule has 110 valence electrons. The van der Waals surface area contributed by atoms with Gasteiger partial charge in [0, 0.05) is 25.7 Å². The Bertz CT molecular complexity index is 623. The molecule has 0 bridgehead atoms. The topological polar surface area (TPSA) is 41.1 Å². The van der Waals surface area contributed by atoms with Crippen LogP contribution in [-0.2, 0) is 13.1 Å². The Kier molecular flexibility index (Phi) is 5.06. The molecule has 21 heavy (non-hydrogen) atoms. The van der Waals surface area contributed by atoms with E-state index in [0.717, 1.165) is 11.1 Å². The van der Waals surface area contributed by atoms with E-state index >= 15 is 0 Å². The molecule has 0 saturated heterocycles. The van der Waals surface area contributed by atoms with E-state index in [9.17, 15) is 9.18 Å². The Morgan fingerprint density at radius 2 is 1.67 bits per heavy atom. The Balaban J connectivity index is 1.88. The van der Waals surface area contributed by atoms with Crippen molar-refractivity contribution in [1.29, 1.82) is 0 Å². The molecule has 0 unspecified atom stereocenters. The number of hydrogen-bond donors (Lipinski definition) is 2. The largest absolute Gasteiger partial charge is 0.355 e. The van der Waals surface area contributed by atoms with E-state index in [1.165, 1.54) is 6.07 Å². The summed E-state index contributed by atoms with van der Waals surface area (Å²) < 4.78 is 13.2. The van der Waals surface area contributed by atoms with Crippen molar-refractivity contribution in [3.05, 3.63) is 70.5 Å². The molecule has 0 spiro atoms. The summed E-state index contributed by atoms with van der Waals surface area (Å²) in [5, 5.41) is 5.89. The number of nitrogens with one attached hydrogen (secondary N) is 2. The van der Waals surface area contributed by atoms with Crippen molar-refractivity contribution >= 4 is 5.91 Å². The summed E-state index contributed by atoms with van der Waals surface area (Å²) >= 11 is 0. The Hall–Kier alpha value is -2.20. The Morgan fingerprint density at radius 1 is 1.05 bits per heavy atom. The van der Waals surface area contributed by atoms with Gasteiger partial charge in [-0.05, 0) is 41.8 Å². The highest BCUT2D eigenvalue weighted by atomic mass is 19.1. The fourth-order valence-corrected chi connectivity index (χ4v) is 2.09. The molecule has 0 heterocycles. The number of halogens is 1. The molecule has 3 nitrogen and oxygen atoms in total. The van der Waals surface area contributed by atoms with Crippen molar-refractivity contribution < 1.29 is 9.18 Å². The second-order valence-electron chi connectivity index (χ2n) is 4.96. The standard InChI is InChI=1S/C17H19FN2O/c1-12-9-14(5-8-16(12)18)11-20-10-13-3-6-15(7-4-13)17(21)19-2/h3-9,20H,10-11H2,1-2H3,(H,19,21). The van der Waals surface area contributed by atoms with Crippen LogP contribution in [0.1, 0.15) is 27.0 Å². The third-order valence-electron chi connectivity index (χ3n) is 3.32. The lowest BCUT2D eigenvalue weighted by Crippen LogP contribution is -2.18. The molecule has 0 aliphatic heterocycles. The minimum Gasteiger partial charge on any atom is -0.355 e. The lowest BCUT2D eigenvalue weighted by Gasteiger charge is -2.07. The fraction of sp³-hybridized carbons (Fsp3) is 0.235. The zero-order chi connectivity index (χ0) is 15.2. The number of carbonyl (C=O) groups is 1. The van der Waals surface area contributed by atoms with Crippen molar-refractivity contribution in [2.45, 2.75) is 20.0 Å². The third-order valence-corrected chi connectivity index (χ3v) is 3.32. The second-order valence-corrected chi connectivity index (χ2v) is 4.96. The second kappa shape index (κ2) is 6.99. The first kappa shape index (κ1) is 15.2. The third kappa shape index (κ3) is 4.13. The summed E-state index contributed by atoms with van der Waals surface area (Å²) in [6.45, 7) is 3.14. The van der Waals surface area contributed by atoms with Gasteiger partial charge >= 0.3 is 0 Å². The average molecular weight is 286 g/mol. The van der Waals surface area contributed by atoms with Gasteiger partial charge in [0.25, 0.3) is 5.91 Å². The van der Waals surface area contributed by atoms with Crippen molar-refractivity contribution in [2.75, 3.05) is 7.05 Å². The van der Waals surface area contributed by atoms with Gasteiger partial charge in [-0.15, -0.1) is 0 Å². The van der Waals surface area contributed by atoms with Gasteiger partial charge in [-0.1, -0.05) is 24.3 Å². The van der Waals surface area contributed by atoms with Crippen LogP contribution in [0.15, 0.2) is 42.5 Å². The first-order chi connectivity index (χ1) is 10.1. The molecule has 1 amide bonds. The predicted molar refractivity (Wildman–Crippen MR) is 81.5 cm³/mol. The Labute approximate surface area is 124 Å². The fourth-order valence-electron chi connectivity index (χ4n) is 2.09. The predicted octanol–water partition coefficient (Wildman–Crippen LogP) is 2.78. The molecule has 0 aliphatic carbocycles. The maximum atomic E-state index is 13.2. The summed E-state index contributed by atoms with van der Waals surface area (Å²) in [6, 6.07) is 12.6. The summed E-state index contributed by atoms with van der Waals surface area (Å²) in [6.07, 6.45) is 0. The lowest BCUT2D eigenvalue weighted by atomic mass is 10.1.